The molecule has 0 aromatic carbocycles. The zero-order valence-electron chi connectivity index (χ0n) is 20.9. The van der Waals surface area contributed by atoms with E-state index in [1.807, 2.05) is 0 Å². The summed E-state index contributed by atoms with van der Waals surface area (Å²) in [4.78, 5) is 51.5. The van der Waals surface area contributed by atoms with Crippen LogP contribution in [0.5, 0.6) is 0 Å². The highest BCUT2D eigenvalue weighted by molar-refractivity contribution is 8.68. The van der Waals surface area contributed by atoms with Crippen molar-refractivity contribution in [3.63, 3.8) is 0 Å². The molecule has 16 heteroatoms. The summed E-state index contributed by atoms with van der Waals surface area (Å²) < 4.78 is 40.4. The van der Waals surface area contributed by atoms with Crippen LogP contribution in [-0.2, 0) is 54.1 Å². The quantitative estimate of drug-likeness (QED) is 0.277. The molecule has 0 saturated carbocycles. The van der Waals surface area contributed by atoms with Crippen molar-refractivity contribution in [3.8, 4) is 0 Å². The smallest absolute Gasteiger partial charge is 0.332 e. The molecule has 0 radical (unpaired) electrons. The van der Waals surface area contributed by atoms with E-state index in [1.165, 1.54) is 17.6 Å². The molecule has 3 rings (SSSR count). The monoisotopic (exact) mass is 582 g/mol. The van der Waals surface area contributed by atoms with Crippen LogP contribution in [0.15, 0.2) is 21.9 Å². The van der Waals surface area contributed by atoms with Crippen LogP contribution in [0.4, 0.5) is 0 Å². The summed E-state index contributed by atoms with van der Waals surface area (Å²) in [5, 5.41) is 0. The molecule has 1 N–H and O–H groups in total. The Morgan fingerprint density at radius 3 is 2.30 bits per heavy atom. The van der Waals surface area contributed by atoms with Gasteiger partial charge in [0.25, 0.3) is 5.56 Å². The van der Waals surface area contributed by atoms with E-state index in [2.05, 4.69) is 4.98 Å². The molecule has 0 amide bonds. The minimum absolute atomic E-state index is 0.168. The highest BCUT2D eigenvalue weighted by Gasteiger charge is 2.51. The Morgan fingerprint density at radius 2 is 1.76 bits per heavy atom. The Hall–Kier alpha value is -1.58. The van der Waals surface area contributed by atoms with Gasteiger partial charge in [-0.2, -0.15) is 0 Å². The lowest BCUT2D eigenvalue weighted by Gasteiger charge is -2.25. The zero-order chi connectivity index (χ0) is 27.2. The number of nitrogens with zero attached hydrogens (tertiary/aromatic N) is 1. The number of nitrogens with one attached hydrogen (secondary N) is 1. The van der Waals surface area contributed by atoms with Gasteiger partial charge in [-0.15, -0.1) is 0 Å². The Labute approximate surface area is 222 Å². The lowest BCUT2D eigenvalue weighted by atomic mass is 10.1. The van der Waals surface area contributed by atoms with Crippen molar-refractivity contribution in [1.82, 2.24) is 9.55 Å². The van der Waals surface area contributed by atoms with Crippen molar-refractivity contribution in [2.75, 3.05) is 32.2 Å². The van der Waals surface area contributed by atoms with Gasteiger partial charge >= 0.3 is 17.6 Å². The third-order valence-electron chi connectivity index (χ3n) is 4.99. The van der Waals surface area contributed by atoms with Crippen LogP contribution in [0.3, 0.4) is 0 Å². The highest BCUT2D eigenvalue weighted by atomic mass is 32.9. The number of aromatic amines is 1. The van der Waals surface area contributed by atoms with Gasteiger partial charge < -0.3 is 32.7 Å². The van der Waals surface area contributed by atoms with Gasteiger partial charge in [-0.25, -0.2) is 14.4 Å². The number of carbonyl (C=O) groups excluding carboxylic acids is 2. The Balaban J connectivity index is 1.90. The molecule has 0 aliphatic carbocycles. The molecule has 1 unspecified atom stereocenters. The molecule has 37 heavy (non-hydrogen) atoms. The number of ether oxygens (including phenoxy) is 5. The van der Waals surface area contributed by atoms with Gasteiger partial charge in [0.05, 0.1) is 25.4 Å². The second-order valence-corrected chi connectivity index (χ2v) is 15.0. The SMILES string of the molecule is CC(C)OCC(=O)O[C@@H]1[C@H](OC(=O)COC(C)C)[C@@H](COP2(=S)OCCS2)O[C@H]1n1ccc(=O)[nH]c1=O. The minimum atomic E-state index is -2.62. The molecule has 2 aliphatic rings. The number of hydrogen-bond acceptors (Lipinski definition) is 13. The summed E-state index contributed by atoms with van der Waals surface area (Å²) in [6, 6.07) is 1.11. The number of carbonyl (C=O) groups is 2. The largest absolute Gasteiger partial charge is 0.454 e. The fourth-order valence-electron chi connectivity index (χ4n) is 3.38. The van der Waals surface area contributed by atoms with Crippen molar-refractivity contribution < 1.29 is 42.3 Å². The average molecular weight is 583 g/mol. The predicted octanol–water partition coefficient (Wildman–Crippen LogP) is 1.11. The summed E-state index contributed by atoms with van der Waals surface area (Å²) in [6.07, 6.45) is -4.05. The van der Waals surface area contributed by atoms with Gasteiger partial charge in [0.1, 0.15) is 19.3 Å². The van der Waals surface area contributed by atoms with E-state index in [1.54, 1.807) is 27.7 Å². The van der Waals surface area contributed by atoms with Crippen molar-refractivity contribution in [1.29, 1.82) is 0 Å². The fraction of sp³-hybridized carbons (Fsp3) is 0.714. The first-order valence-electron chi connectivity index (χ1n) is 11.6. The second-order valence-electron chi connectivity index (χ2n) is 8.62. The van der Waals surface area contributed by atoms with E-state index in [4.69, 9.17) is 44.5 Å². The minimum Gasteiger partial charge on any atom is -0.454 e. The predicted molar refractivity (Wildman–Crippen MR) is 136 cm³/mol. The van der Waals surface area contributed by atoms with Crippen LogP contribution in [0, 0.1) is 0 Å². The molecule has 0 spiro atoms. The van der Waals surface area contributed by atoms with Gasteiger partial charge in [-0.1, -0.05) is 11.4 Å². The fourth-order valence-corrected chi connectivity index (χ4v) is 7.58. The maximum absolute atomic E-state index is 12.6. The number of hydrogen-bond donors (Lipinski definition) is 1. The first-order valence-corrected chi connectivity index (χ1v) is 15.8. The molecule has 208 valence electrons. The Morgan fingerprint density at radius 1 is 1.14 bits per heavy atom. The van der Waals surface area contributed by atoms with Crippen molar-refractivity contribution in [3.05, 3.63) is 33.1 Å². The number of aromatic nitrogens is 2. The van der Waals surface area contributed by atoms with Gasteiger partial charge in [0.15, 0.2) is 18.4 Å². The lowest BCUT2D eigenvalue weighted by Crippen LogP contribution is -2.43. The van der Waals surface area contributed by atoms with Gasteiger partial charge in [0.2, 0.25) is 5.69 Å². The third-order valence-corrected chi connectivity index (χ3v) is 10.3. The van der Waals surface area contributed by atoms with Crippen LogP contribution < -0.4 is 11.2 Å². The number of H-pyrrole nitrogens is 1. The molecule has 2 aliphatic heterocycles. The van der Waals surface area contributed by atoms with E-state index in [-0.39, 0.29) is 32.0 Å². The van der Waals surface area contributed by atoms with Crippen molar-refractivity contribution in [2.24, 2.45) is 0 Å². The van der Waals surface area contributed by atoms with E-state index in [0.29, 0.717) is 12.4 Å². The first-order chi connectivity index (χ1) is 17.5. The topological polar surface area (TPSA) is 154 Å². The molecule has 1 aromatic heterocycles. The van der Waals surface area contributed by atoms with Gasteiger partial charge in [0, 0.05) is 18.0 Å². The molecule has 2 fully saturated rings. The maximum Gasteiger partial charge on any atom is 0.332 e. The zero-order valence-corrected chi connectivity index (χ0v) is 23.4. The summed E-state index contributed by atoms with van der Waals surface area (Å²) in [7, 11) is 0. The summed E-state index contributed by atoms with van der Waals surface area (Å²) >= 11 is 6.84. The molecule has 0 bridgehead atoms. The standard InChI is InChI=1S/C21H31N2O11PS2/c1-12(2)28-10-16(25)33-18-14(9-31-35(36)30-7-8-37-35)32-20(23-6-5-15(24)22-21(23)27)19(18)34-17(26)11-29-13(3)4/h5-6,12-14,18-20H,7-11H2,1-4H3,(H,22,24,27)/t14-,18-,19-,20-,35?/m1/s1. The molecule has 5 atom stereocenters. The molecule has 3 heterocycles. The van der Waals surface area contributed by atoms with E-state index in [0.717, 1.165) is 10.6 Å². The number of esters is 2. The molecule has 13 nitrogen and oxygen atoms in total. The average Bonchev–Trinajstić information content (AvgIpc) is 3.39. The molecule has 1 aromatic rings. The van der Waals surface area contributed by atoms with Crippen molar-refractivity contribution in [2.45, 2.75) is 64.4 Å². The van der Waals surface area contributed by atoms with Crippen molar-refractivity contribution >= 4 is 40.8 Å². The summed E-state index contributed by atoms with van der Waals surface area (Å²) in [5.74, 6) is -0.831. The van der Waals surface area contributed by atoms with Crippen LogP contribution in [0.1, 0.15) is 33.9 Å². The Kier molecular flexibility index (Phi) is 10.9. The van der Waals surface area contributed by atoms with Crippen LogP contribution >= 0.6 is 17.1 Å². The second kappa shape index (κ2) is 13.5. The third kappa shape index (κ3) is 8.72. The van der Waals surface area contributed by atoms with Crippen LogP contribution in [0.25, 0.3) is 0 Å². The molecular weight excluding hydrogens is 551 g/mol. The molecule has 2 saturated heterocycles. The van der Waals surface area contributed by atoms with Crippen LogP contribution in [0.2, 0.25) is 0 Å². The number of rotatable bonds is 12. The van der Waals surface area contributed by atoms with Gasteiger partial charge in [-0.3, -0.25) is 14.3 Å². The van der Waals surface area contributed by atoms with E-state index < -0.39 is 53.4 Å². The van der Waals surface area contributed by atoms with Gasteiger partial charge in [-0.05, 0) is 39.5 Å². The van der Waals surface area contributed by atoms with Crippen LogP contribution in [-0.4, -0.2) is 84.2 Å². The normalized spacial score (nSPS) is 27.6. The summed E-state index contributed by atoms with van der Waals surface area (Å²) in [6.45, 7) is 6.54. The summed E-state index contributed by atoms with van der Waals surface area (Å²) in [5.41, 5.74) is -4.06. The van der Waals surface area contributed by atoms with E-state index >= 15 is 0 Å². The maximum atomic E-state index is 12.6. The first kappa shape index (κ1) is 30.0. The Bertz CT molecular complexity index is 1100. The highest BCUT2D eigenvalue weighted by Crippen LogP contribution is 2.64. The lowest BCUT2D eigenvalue weighted by molar-refractivity contribution is -0.175. The van der Waals surface area contributed by atoms with E-state index in [9.17, 15) is 19.2 Å². The molecular formula is C21H31N2O11PS2.